The van der Waals surface area contributed by atoms with Gasteiger partial charge < -0.3 is 0 Å². The predicted molar refractivity (Wildman–Crippen MR) is 91.4 cm³/mol. The average Bonchev–Trinajstić information content (AvgIpc) is 3.03. The van der Waals surface area contributed by atoms with Crippen LogP contribution >= 0.6 is 22.9 Å². The van der Waals surface area contributed by atoms with E-state index in [1.54, 1.807) is 17.6 Å². The van der Waals surface area contributed by atoms with Crippen LogP contribution in [0.15, 0.2) is 48.0 Å². The number of halogens is 1. The maximum Gasteiger partial charge on any atom is 0.270 e. The number of hydrogen-bond acceptors (Lipinski definition) is 6. The number of nitrogens with zero attached hydrogens (tertiary/aromatic N) is 3. The molecule has 0 fully saturated rings. The first-order valence-electron chi connectivity index (χ1n) is 6.67. The number of benzene rings is 1. The van der Waals surface area contributed by atoms with Crippen molar-refractivity contribution in [3.63, 3.8) is 0 Å². The number of rotatable bonds is 4. The molecule has 0 radical (unpaired) electrons. The standard InChI is InChI=1S/C15H9ClN4O3S/c16-11-7-9(20(22)23)4-5-10(11)14(21)19-15-18-13(8-24-15)12-3-1-2-6-17-12/h1-8H,(H,18,19,21). The van der Waals surface area contributed by atoms with E-state index in [9.17, 15) is 14.9 Å². The Balaban J connectivity index is 1.78. The fraction of sp³-hybridized carbons (Fsp3) is 0. The van der Waals surface area contributed by atoms with Gasteiger partial charge in [-0.2, -0.15) is 0 Å². The van der Waals surface area contributed by atoms with Crippen LogP contribution in [-0.2, 0) is 0 Å². The molecule has 1 N–H and O–H groups in total. The van der Waals surface area contributed by atoms with Gasteiger partial charge in [-0.25, -0.2) is 4.98 Å². The van der Waals surface area contributed by atoms with Gasteiger partial charge >= 0.3 is 0 Å². The molecule has 0 atom stereocenters. The van der Waals surface area contributed by atoms with Crippen molar-refractivity contribution in [2.24, 2.45) is 0 Å². The van der Waals surface area contributed by atoms with Gasteiger partial charge in [-0.15, -0.1) is 11.3 Å². The third-order valence-corrected chi connectivity index (χ3v) is 4.13. The molecule has 0 unspecified atom stereocenters. The second kappa shape index (κ2) is 6.73. The fourth-order valence-corrected chi connectivity index (χ4v) is 2.89. The molecule has 1 aromatic carbocycles. The molecule has 3 rings (SSSR count). The molecule has 0 aliphatic carbocycles. The van der Waals surface area contributed by atoms with E-state index in [1.807, 2.05) is 12.1 Å². The number of non-ortho nitro benzene ring substituents is 1. The summed E-state index contributed by atoms with van der Waals surface area (Å²) in [6.45, 7) is 0. The Hall–Kier alpha value is -2.84. The third kappa shape index (κ3) is 3.39. The SMILES string of the molecule is O=C(Nc1nc(-c2ccccn2)cs1)c1ccc([N+](=O)[O-])cc1Cl. The van der Waals surface area contributed by atoms with E-state index in [0.717, 1.165) is 6.07 Å². The molecule has 0 aliphatic heterocycles. The average molecular weight is 361 g/mol. The van der Waals surface area contributed by atoms with Crippen molar-refractivity contribution in [2.45, 2.75) is 0 Å². The van der Waals surface area contributed by atoms with Crippen LogP contribution in [0.1, 0.15) is 10.4 Å². The highest BCUT2D eigenvalue weighted by Crippen LogP contribution is 2.26. The minimum atomic E-state index is -0.576. The van der Waals surface area contributed by atoms with Gasteiger partial charge in [0.25, 0.3) is 11.6 Å². The van der Waals surface area contributed by atoms with Crippen LogP contribution in [-0.4, -0.2) is 20.8 Å². The molecule has 24 heavy (non-hydrogen) atoms. The summed E-state index contributed by atoms with van der Waals surface area (Å²) < 4.78 is 0. The van der Waals surface area contributed by atoms with Crippen LogP contribution in [0.2, 0.25) is 5.02 Å². The number of hydrogen-bond donors (Lipinski definition) is 1. The summed E-state index contributed by atoms with van der Waals surface area (Å²) in [7, 11) is 0. The molecular formula is C15H9ClN4O3S. The Kier molecular flexibility index (Phi) is 4.50. The highest BCUT2D eigenvalue weighted by atomic mass is 35.5. The van der Waals surface area contributed by atoms with Crippen LogP contribution in [0.4, 0.5) is 10.8 Å². The molecule has 1 amide bonds. The summed E-state index contributed by atoms with van der Waals surface area (Å²) >= 11 is 7.19. The maximum absolute atomic E-state index is 12.2. The third-order valence-electron chi connectivity index (χ3n) is 3.06. The lowest BCUT2D eigenvalue weighted by molar-refractivity contribution is -0.384. The largest absolute Gasteiger partial charge is 0.298 e. The normalized spacial score (nSPS) is 10.4. The van der Waals surface area contributed by atoms with Crippen molar-refractivity contribution in [1.29, 1.82) is 0 Å². The molecule has 120 valence electrons. The maximum atomic E-state index is 12.2. The highest BCUT2D eigenvalue weighted by Gasteiger charge is 2.16. The van der Waals surface area contributed by atoms with E-state index in [1.165, 1.54) is 23.5 Å². The van der Waals surface area contributed by atoms with Gasteiger partial charge in [0.15, 0.2) is 5.13 Å². The number of carbonyl (C=O) groups excluding carboxylic acids is 1. The fourth-order valence-electron chi connectivity index (χ4n) is 1.93. The van der Waals surface area contributed by atoms with Gasteiger partial charge in [-0.3, -0.25) is 25.2 Å². The van der Waals surface area contributed by atoms with E-state index in [-0.39, 0.29) is 16.3 Å². The zero-order valence-electron chi connectivity index (χ0n) is 12.0. The van der Waals surface area contributed by atoms with Gasteiger partial charge in [0.05, 0.1) is 21.2 Å². The second-order valence-corrected chi connectivity index (χ2v) is 5.89. The minimum absolute atomic E-state index is 0.00297. The van der Waals surface area contributed by atoms with Gasteiger partial charge in [-0.05, 0) is 18.2 Å². The van der Waals surface area contributed by atoms with Gasteiger partial charge in [0, 0.05) is 23.7 Å². The zero-order valence-corrected chi connectivity index (χ0v) is 13.5. The highest BCUT2D eigenvalue weighted by molar-refractivity contribution is 7.14. The van der Waals surface area contributed by atoms with Crippen molar-refractivity contribution >= 4 is 39.7 Å². The van der Waals surface area contributed by atoms with Crippen molar-refractivity contribution in [2.75, 3.05) is 5.32 Å². The Morgan fingerprint density at radius 1 is 1.25 bits per heavy atom. The van der Waals surface area contributed by atoms with Crippen LogP contribution < -0.4 is 5.32 Å². The lowest BCUT2D eigenvalue weighted by atomic mass is 10.2. The van der Waals surface area contributed by atoms with E-state index in [0.29, 0.717) is 16.5 Å². The minimum Gasteiger partial charge on any atom is -0.298 e. The molecule has 0 saturated carbocycles. The van der Waals surface area contributed by atoms with Crippen LogP contribution in [0.3, 0.4) is 0 Å². The number of thiazole rings is 1. The van der Waals surface area contributed by atoms with E-state index >= 15 is 0 Å². The van der Waals surface area contributed by atoms with Crippen LogP contribution in [0, 0.1) is 10.1 Å². The number of nitro benzene ring substituents is 1. The number of carbonyl (C=O) groups is 1. The number of amides is 1. The van der Waals surface area contributed by atoms with Gasteiger partial charge in [-0.1, -0.05) is 17.7 Å². The van der Waals surface area contributed by atoms with Crippen molar-refractivity contribution in [3.8, 4) is 11.4 Å². The van der Waals surface area contributed by atoms with Gasteiger partial charge in [0.2, 0.25) is 0 Å². The Morgan fingerprint density at radius 3 is 2.75 bits per heavy atom. The Morgan fingerprint density at radius 2 is 2.08 bits per heavy atom. The summed E-state index contributed by atoms with van der Waals surface area (Å²) in [5, 5.41) is 15.5. The second-order valence-electron chi connectivity index (χ2n) is 4.63. The smallest absolute Gasteiger partial charge is 0.270 e. The Bertz CT molecular complexity index is 914. The molecule has 0 aliphatic rings. The zero-order chi connectivity index (χ0) is 17.1. The van der Waals surface area contributed by atoms with E-state index in [2.05, 4.69) is 15.3 Å². The number of nitrogens with one attached hydrogen (secondary N) is 1. The summed E-state index contributed by atoms with van der Waals surface area (Å²) in [5.74, 6) is -0.489. The summed E-state index contributed by atoms with van der Waals surface area (Å²) in [5.41, 5.74) is 1.30. The van der Waals surface area contributed by atoms with Gasteiger partial charge in [0.1, 0.15) is 5.69 Å². The van der Waals surface area contributed by atoms with Crippen LogP contribution in [0.25, 0.3) is 11.4 Å². The topological polar surface area (TPSA) is 98.0 Å². The van der Waals surface area contributed by atoms with Crippen molar-refractivity contribution in [1.82, 2.24) is 9.97 Å². The molecule has 0 saturated heterocycles. The lowest BCUT2D eigenvalue weighted by Gasteiger charge is -2.04. The molecule has 9 heteroatoms. The first-order chi connectivity index (χ1) is 11.5. The molecule has 2 heterocycles. The molecule has 2 aromatic heterocycles. The quantitative estimate of drug-likeness (QED) is 0.559. The number of nitro groups is 1. The predicted octanol–water partition coefficient (Wildman–Crippen LogP) is 4.02. The number of aromatic nitrogens is 2. The Labute approximate surface area is 145 Å². The van der Waals surface area contributed by atoms with Crippen LogP contribution in [0.5, 0.6) is 0 Å². The number of anilines is 1. The van der Waals surface area contributed by atoms with E-state index < -0.39 is 10.8 Å². The summed E-state index contributed by atoms with van der Waals surface area (Å²) in [4.78, 5) is 30.8. The number of pyridine rings is 1. The molecule has 7 nitrogen and oxygen atoms in total. The van der Waals surface area contributed by atoms with Crippen molar-refractivity contribution < 1.29 is 9.72 Å². The lowest BCUT2D eigenvalue weighted by Crippen LogP contribution is -2.12. The first-order valence-corrected chi connectivity index (χ1v) is 7.92. The molecular weight excluding hydrogens is 352 g/mol. The monoisotopic (exact) mass is 360 g/mol. The van der Waals surface area contributed by atoms with Crippen molar-refractivity contribution in [3.05, 3.63) is 68.7 Å². The summed E-state index contributed by atoms with van der Waals surface area (Å²) in [6, 6.07) is 9.13. The summed E-state index contributed by atoms with van der Waals surface area (Å²) in [6.07, 6.45) is 1.66. The van der Waals surface area contributed by atoms with E-state index in [4.69, 9.17) is 11.6 Å². The molecule has 0 bridgehead atoms. The molecule has 0 spiro atoms. The molecule has 3 aromatic rings. The first kappa shape index (κ1) is 16.0.